The van der Waals surface area contributed by atoms with Gasteiger partial charge in [-0.15, -0.1) is 0 Å². The fourth-order valence-corrected chi connectivity index (χ4v) is 2.77. The largest absolute Gasteiger partial charge is 0.496 e. The van der Waals surface area contributed by atoms with E-state index in [1.807, 2.05) is 56.3 Å². The quantitative estimate of drug-likeness (QED) is 0.378. The Morgan fingerprint density at radius 2 is 1.82 bits per heavy atom. The van der Waals surface area contributed by atoms with Crippen LogP contribution in [0, 0.1) is 13.8 Å². The number of nitrogens with one attached hydrogen (secondary N) is 1. The van der Waals surface area contributed by atoms with Crippen LogP contribution < -0.4 is 15.0 Å². The van der Waals surface area contributed by atoms with Gasteiger partial charge in [-0.1, -0.05) is 30.3 Å². The van der Waals surface area contributed by atoms with Gasteiger partial charge in [-0.05, 0) is 49.2 Å². The Kier molecular flexibility index (Phi) is 6.24. The summed E-state index contributed by atoms with van der Waals surface area (Å²) >= 11 is 0. The molecule has 0 aliphatic heterocycles. The lowest BCUT2D eigenvalue weighted by Gasteiger charge is -2.14. The zero-order valence-electron chi connectivity index (χ0n) is 16.1. The minimum absolute atomic E-state index is 0.263. The summed E-state index contributed by atoms with van der Waals surface area (Å²) in [4.78, 5) is 8.81. The first-order chi connectivity index (χ1) is 13.6. The number of pyridine rings is 1. The summed E-state index contributed by atoms with van der Waals surface area (Å²) in [5.74, 6) is 2.07. The number of rotatable bonds is 6. The molecule has 28 heavy (non-hydrogen) atoms. The van der Waals surface area contributed by atoms with Gasteiger partial charge in [-0.25, -0.2) is 4.98 Å². The lowest BCUT2D eigenvalue weighted by Crippen LogP contribution is -2.21. The van der Waals surface area contributed by atoms with E-state index in [0.717, 1.165) is 22.4 Å². The van der Waals surface area contributed by atoms with Crippen LogP contribution in [0.5, 0.6) is 17.4 Å². The van der Waals surface area contributed by atoms with Crippen LogP contribution in [0.1, 0.15) is 22.3 Å². The second-order valence-corrected chi connectivity index (χ2v) is 6.24. The average molecular weight is 377 g/mol. The summed E-state index contributed by atoms with van der Waals surface area (Å²) in [6.07, 6.45) is 1.64. The van der Waals surface area contributed by atoms with Gasteiger partial charge in [0, 0.05) is 11.8 Å². The molecule has 0 fully saturated rings. The number of methoxy groups -OCH3 is 1. The molecule has 0 saturated carbocycles. The summed E-state index contributed by atoms with van der Waals surface area (Å²) < 4.78 is 11.4. The maximum atomic E-state index is 9.68. The Labute approximate surface area is 164 Å². The molecule has 6 heteroatoms. The minimum atomic E-state index is 0.263. The third-order valence-electron chi connectivity index (χ3n) is 4.49. The highest BCUT2D eigenvalue weighted by molar-refractivity contribution is 6.00. The second-order valence-electron chi connectivity index (χ2n) is 6.24. The van der Waals surface area contributed by atoms with Crippen molar-refractivity contribution in [3.63, 3.8) is 0 Å². The molecule has 0 atom stereocenters. The Hall–Kier alpha value is -3.38. The highest BCUT2D eigenvalue weighted by atomic mass is 16.5. The highest BCUT2D eigenvalue weighted by Gasteiger charge is 2.14. The van der Waals surface area contributed by atoms with Crippen LogP contribution in [-0.4, -0.2) is 23.1 Å². The normalized spacial score (nSPS) is 11.2. The monoisotopic (exact) mass is 377 g/mol. The number of aliphatic imine (C=N–C) groups is 1. The second kappa shape index (κ2) is 9.01. The van der Waals surface area contributed by atoms with Crippen LogP contribution in [0.2, 0.25) is 0 Å². The fourth-order valence-electron chi connectivity index (χ4n) is 2.77. The number of aryl methyl sites for hydroxylation is 1. The number of benzene rings is 2. The van der Waals surface area contributed by atoms with Crippen molar-refractivity contribution < 1.29 is 14.7 Å². The number of hydrogen-bond acceptors (Lipinski definition) is 5. The van der Waals surface area contributed by atoms with Crippen molar-refractivity contribution in [2.24, 2.45) is 4.99 Å². The number of para-hydroxylation sites is 1. The van der Waals surface area contributed by atoms with Crippen LogP contribution in [-0.2, 0) is 6.54 Å². The van der Waals surface area contributed by atoms with Gasteiger partial charge in [-0.2, -0.15) is 0 Å². The molecule has 2 N–H and O–H groups in total. The first-order valence-corrected chi connectivity index (χ1v) is 8.90. The smallest absolute Gasteiger partial charge is 0.230 e. The van der Waals surface area contributed by atoms with Crippen LogP contribution in [0.3, 0.4) is 0 Å². The highest BCUT2D eigenvalue weighted by Crippen LogP contribution is 2.28. The van der Waals surface area contributed by atoms with Crippen LogP contribution >= 0.6 is 0 Å². The molecule has 3 rings (SSSR count). The van der Waals surface area contributed by atoms with Gasteiger partial charge in [0.25, 0.3) is 0 Å². The van der Waals surface area contributed by atoms with E-state index in [2.05, 4.69) is 15.5 Å². The summed E-state index contributed by atoms with van der Waals surface area (Å²) in [7, 11) is 1.62. The minimum Gasteiger partial charge on any atom is -0.496 e. The topological polar surface area (TPSA) is 76.0 Å². The first kappa shape index (κ1) is 19.4. The maximum absolute atomic E-state index is 9.68. The maximum Gasteiger partial charge on any atom is 0.230 e. The predicted octanol–water partition coefficient (Wildman–Crippen LogP) is 4.42. The lowest BCUT2D eigenvalue weighted by atomic mass is 10.1. The third kappa shape index (κ3) is 4.29. The lowest BCUT2D eigenvalue weighted by molar-refractivity contribution is 0.234. The molecular formula is C22H23N3O3. The van der Waals surface area contributed by atoms with Crippen LogP contribution in [0.15, 0.2) is 65.8 Å². The van der Waals surface area contributed by atoms with Crippen LogP contribution in [0.4, 0.5) is 0 Å². The van der Waals surface area contributed by atoms with Gasteiger partial charge >= 0.3 is 0 Å². The van der Waals surface area contributed by atoms with E-state index < -0.39 is 0 Å². The Morgan fingerprint density at radius 1 is 1.04 bits per heavy atom. The summed E-state index contributed by atoms with van der Waals surface area (Å²) in [5, 5.41) is 9.68. The molecule has 0 aliphatic rings. The first-order valence-electron chi connectivity index (χ1n) is 8.90. The molecule has 144 valence electrons. The molecule has 1 aromatic heterocycles. The molecule has 0 unspecified atom stereocenters. The van der Waals surface area contributed by atoms with Crippen molar-refractivity contribution in [3.8, 4) is 17.4 Å². The van der Waals surface area contributed by atoms with Gasteiger partial charge in [0.2, 0.25) is 5.88 Å². The zero-order valence-corrected chi connectivity index (χ0v) is 16.1. The Balaban J connectivity index is 1.92. The van der Waals surface area contributed by atoms with E-state index in [1.54, 1.807) is 25.4 Å². The molecule has 3 aromatic rings. The number of hydrogen-bond donors (Lipinski definition) is 2. The molecule has 0 spiro atoms. The van der Waals surface area contributed by atoms with E-state index in [4.69, 9.17) is 9.47 Å². The molecule has 0 amide bonds. The van der Waals surface area contributed by atoms with Gasteiger partial charge in [-0.3, -0.25) is 15.7 Å². The van der Waals surface area contributed by atoms with Gasteiger partial charge in [0.15, 0.2) is 5.84 Å². The number of amidine groups is 1. The van der Waals surface area contributed by atoms with Crippen molar-refractivity contribution in [3.05, 3.63) is 83.0 Å². The molecule has 0 aliphatic carbocycles. The van der Waals surface area contributed by atoms with Crippen LogP contribution in [0.25, 0.3) is 0 Å². The molecule has 0 bridgehead atoms. The predicted molar refractivity (Wildman–Crippen MR) is 108 cm³/mol. The molecule has 6 nitrogen and oxygen atoms in total. The Bertz CT molecular complexity index is 986. The summed E-state index contributed by atoms with van der Waals surface area (Å²) in [5.41, 5.74) is 5.78. The van der Waals surface area contributed by atoms with Gasteiger partial charge in [0.05, 0.1) is 19.2 Å². The van der Waals surface area contributed by atoms with Gasteiger partial charge < -0.3 is 9.47 Å². The SMILES string of the molecule is COc1ccccc1CN=C(NO)c1cccnc1Oc1cccc(C)c1C. The Morgan fingerprint density at radius 3 is 2.61 bits per heavy atom. The van der Waals surface area contributed by atoms with Crippen molar-refractivity contribution in [1.29, 1.82) is 0 Å². The number of aromatic nitrogens is 1. The van der Waals surface area contributed by atoms with E-state index in [9.17, 15) is 5.21 Å². The van der Waals surface area contributed by atoms with Crippen molar-refractivity contribution in [1.82, 2.24) is 10.5 Å². The van der Waals surface area contributed by atoms with E-state index in [-0.39, 0.29) is 5.84 Å². The molecule has 0 radical (unpaired) electrons. The molecule has 0 saturated heterocycles. The van der Waals surface area contributed by atoms with E-state index in [0.29, 0.717) is 23.7 Å². The molecular weight excluding hydrogens is 354 g/mol. The number of nitrogens with zero attached hydrogens (tertiary/aromatic N) is 2. The van der Waals surface area contributed by atoms with E-state index >= 15 is 0 Å². The number of hydroxylamine groups is 1. The summed E-state index contributed by atoms with van der Waals surface area (Å²) in [6.45, 7) is 4.34. The van der Waals surface area contributed by atoms with Crippen molar-refractivity contribution >= 4 is 5.84 Å². The molecule has 2 aromatic carbocycles. The molecule has 1 heterocycles. The number of ether oxygens (including phenoxy) is 2. The van der Waals surface area contributed by atoms with Crippen molar-refractivity contribution in [2.45, 2.75) is 20.4 Å². The third-order valence-corrected chi connectivity index (χ3v) is 4.49. The average Bonchev–Trinajstić information content (AvgIpc) is 2.73. The van der Waals surface area contributed by atoms with Crippen molar-refractivity contribution in [2.75, 3.05) is 7.11 Å². The standard InChI is InChI=1S/C22H23N3O3/c1-15-8-6-12-19(16(15)2)28-22-18(10-7-13-23-22)21(25-26)24-14-17-9-4-5-11-20(17)27-3/h4-13,26H,14H2,1-3H3,(H,24,25). The van der Waals surface area contributed by atoms with Gasteiger partial charge in [0.1, 0.15) is 11.5 Å². The summed E-state index contributed by atoms with van der Waals surface area (Å²) in [6, 6.07) is 17.0. The fraction of sp³-hybridized carbons (Fsp3) is 0.182. The zero-order chi connectivity index (χ0) is 19.9. The van der Waals surface area contributed by atoms with E-state index in [1.165, 1.54) is 0 Å².